The molecule has 0 radical (unpaired) electrons. The molecule has 0 N–H and O–H groups in total. The predicted octanol–water partition coefficient (Wildman–Crippen LogP) is 5.54. The Morgan fingerprint density at radius 1 is 0.909 bits per heavy atom. The summed E-state index contributed by atoms with van der Waals surface area (Å²) in [7, 11) is 0. The Morgan fingerprint density at radius 3 is 2.09 bits per heavy atom. The Labute approximate surface area is 196 Å². The minimum Gasteiger partial charge on any atom is -0.461 e. The molecule has 0 saturated heterocycles. The first-order valence-electron chi connectivity index (χ1n) is 11.8. The summed E-state index contributed by atoms with van der Waals surface area (Å²) >= 11 is 0. The Morgan fingerprint density at radius 2 is 1.55 bits per heavy atom. The summed E-state index contributed by atoms with van der Waals surface area (Å²) in [5.74, 6) is -0.419. The van der Waals surface area contributed by atoms with Crippen molar-refractivity contribution in [3.63, 3.8) is 0 Å². The topological polar surface area (TPSA) is 64.4 Å². The lowest BCUT2D eigenvalue weighted by molar-refractivity contribution is 0.0518. The van der Waals surface area contributed by atoms with E-state index in [0.717, 1.165) is 49.3 Å². The van der Waals surface area contributed by atoms with Crippen molar-refractivity contribution >= 4 is 11.9 Å². The van der Waals surface area contributed by atoms with Crippen LogP contribution in [0.5, 0.6) is 0 Å². The average Bonchev–Trinajstić information content (AvgIpc) is 3.29. The van der Waals surface area contributed by atoms with Gasteiger partial charge < -0.3 is 9.64 Å². The Kier molecular flexibility index (Phi) is 8.41. The minimum absolute atomic E-state index is 0.0355. The van der Waals surface area contributed by atoms with Crippen LogP contribution in [0.1, 0.15) is 66.9 Å². The fourth-order valence-corrected chi connectivity index (χ4v) is 3.78. The average molecular weight is 448 g/mol. The zero-order valence-electron chi connectivity index (χ0n) is 20.0. The van der Waals surface area contributed by atoms with E-state index in [9.17, 15) is 9.59 Å². The molecule has 0 atom stereocenters. The highest BCUT2D eigenvalue weighted by Gasteiger charge is 2.19. The maximum absolute atomic E-state index is 12.9. The SMILES string of the molecule is CCCN(CCC)C(=O)c1ccc(-n2nc(C(=O)OCC)cc2-c2ccc(CC)cc2)cc1. The first-order valence-corrected chi connectivity index (χ1v) is 11.8. The Balaban J connectivity index is 1.98. The fraction of sp³-hybridized carbons (Fsp3) is 0.370. The molecule has 0 fully saturated rings. The van der Waals surface area contributed by atoms with Crippen LogP contribution < -0.4 is 0 Å². The van der Waals surface area contributed by atoms with Crippen molar-refractivity contribution in [3.8, 4) is 16.9 Å². The van der Waals surface area contributed by atoms with Gasteiger partial charge in [0.2, 0.25) is 0 Å². The standard InChI is InChI=1S/C27H33N3O3/c1-5-17-29(18-6-2)26(31)22-13-15-23(16-14-22)30-25(19-24(28-30)27(32)33-8-4)21-11-9-20(7-3)10-12-21/h9-16,19H,5-8,17-18H2,1-4H3. The van der Waals surface area contributed by atoms with E-state index in [4.69, 9.17) is 4.74 Å². The molecule has 0 aliphatic rings. The highest BCUT2D eigenvalue weighted by molar-refractivity contribution is 5.94. The summed E-state index contributed by atoms with van der Waals surface area (Å²) in [6.07, 6.45) is 2.80. The van der Waals surface area contributed by atoms with Crippen LogP contribution in [-0.2, 0) is 11.2 Å². The van der Waals surface area contributed by atoms with Crippen molar-refractivity contribution in [1.82, 2.24) is 14.7 Å². The summed E-state index contributed by atoms with van der Waals surface area (Å²) in [5, 5.41) is 4.53. The maximum Gasteiger partial charge on any atom is 0.358 e. The predicted molar refractivity (Wildman–Crippen MR) is 131 cm³/mol. The van der Waals surface area contributed by atoms with Gasteiger partial charge in [-0.25, -0.2) is 9.48 Å². The number of carbonyl (C=O) groups is 2. The highest BCUT2D eigenvalue weighted by atomic mass is 16.5. The molecule has 1 aromatic heterocycles. The lowest BCUT2D eigenvalue weighted by atomic mass is 10.1. The number of aryl methyl sites for hydroxylation is 1. The second kappa shape index (κ2) is 11.5. The van der Waals surface area contributed by atoms with Gasteiger partial charge in [0, 0.05) is 24.2 Å². The summed E-state index contributed by atoms with van der Waals surface area (Å²) in [4.78, 5) is 27.2. The third-order valence-corrected chi connectivity index (χ3v) is 5.48. The van der Waals surface area contributed by atoms with Crippen molar-refractivity contribution in [1.29, 1.82) is 0 Å². The molecule has 6 nitrogen and oxygen atoms in total. The number of nitrogens with zero attached hydrogens (tertiary/aromatic N) is 3. The summed E-state index contributed by atoms with van der Waals surface area (Å²) in [5.41, 5.74) is 4.65. The van der Waals surface area contributed by atoms with Crippen LogP contribution in [0.15, 0.2) is 54.6 Å². The number of carbonyl (C=O) groups excluding carboxylic acids is 2. The van der Waals surface area contributed by atoms with E-state index >= 15 is 0 Å². The van der Waals surface area contributed by atoms with Gasteiger partial charge in [0.25, 0.3) is 5.91 Å². The number of ether oxygens (including phenoxy) is 1. The molecule has 0 spiro atoms. The normalized spacial score (nSPS) is 10.8. The van der Waals surface area contributed by atoms with Gasteiger partial charge in [0.05, 0.1) is 18.0 Å². The fourth-order valence-electron chi connectivity index (χ4n) is 3.78. The number of rotatable bonds is 10. The van der Waals surface area contributed by atoms with Crippen molar-refractivity contribution in [2.75, 3.05) is 19.7 Å². The van der Waals surface area contributed by atoms with Crippen molar-refractivity contribution in [2.24, 2.45) is 0 Å². The van der Waals surface area contributed by atoms with E-state index in [1.165, 1.54) is 5.56 Å². The molecule has 6 heteroatoms. The molecule has 3 aromatic rings. The second-order valence-electron chi connectivity index (χ2n) is 7.94. The zero-order valence-corrected chi connectivity index (χ0v) is 20.0. The molecule has 3 rings (SSSR count). The molecule has 0 aliphatic heterocycles. The molecule has 1 heterocycles. The van der Waals surface area contributed by atoms with Gasteiger partial charge in [-0.05, 0) is 62.1 Å². The van der Waals surface area contributed by atoms with Gasteiger partial charge in [-0.2, -0.15) is 5.10 Å². The zero-order chi connectivity index (χ0) is 23.8. The van der Waals surface area contributed by atoms with E-state index in [2.05, 4.69) is 38.0 Å². The van der Waals surface area contributed by atoms with E-state index in [1.807, 2.05) is 41.3 Å². The summed E-state index contributed by atoms with van der Waals surface area (Å²) < 4.78 is 6.90. The highest BCUT2D eigenvalue weighted by Crippen LogP contribution is 2.25. The molecule has 0 bridgehead atoms. The molecule has 1 amide bonds. The van der Waals surface area contributed by atoms with Crippen molar-refractivity contribution in [3.05, 3.63) is 71.4 Å². The van der Waals surface area contributed by atoms with Crippen molar-refractivity contribution in [2.45, 2.75) is 47.0 Å². The second-order valence-corrected chi connectivity index (χ2v) is 7.94. The van der Waals surface area contributed by atoms with E-state index < -0.39 is 5.97 Å². The van der Waals surface area contributed by atoms with Gasteiger partial charge in [-0.1, -0.05) is 45.0 Å². The number of amides is 1. The third kappa shape index (κ3) is 5.69. The van der Waals surface area contributed by atoms with Crippen LogP contribution in [0.3, 0.4) is 0 Å². The van der Waals surface area contributed by atoms with Gasteiger partial charge in [-0.15, -0.1) is 0 Å². The van der Waals surface area contributed by atoms with Crippen LogP contribution in [0.2, 0.25) is 0 Å². The summed E-state index contributed by atoms with van der Waals surface area (Å²) in [6.45, 7) is 9.81. The number of hydrogen-bond acceptors (Lipinski definition) is 4. The third-order valence-electron chi connectivity index (χ3n) is 5.48. The summed E-state index contributed by atoms with van der Waals surface area (Å²) in [6, 6.07) is 17.4. The smallest absolute Gasteiger partial charge is 0.358 e. The molecule has 2 aromatic carbocycles. The van der Waals surface area contributed by atoms with Crippen LogP contribution in [0.4, 0.5) is 0 Å². The monoisotopic (exact) mass is 447 g/mol. The van der Waals surface area contributed by atoms with Gasteiger partial charge >= 0.3 is 5.97 Å². The number of benzene rings is 2. The van der Waals surface area contributed by atoms with E-state index in [0.29, 0.717) is 5.56 Å². The minimum atomic E-state index is -0.454. The van der Waals surface area contributed by atoms with Crippen LogP contribution in [0, 0.1) is 0 Å². The van der Waals surface area contributed by atoms with Crippen molar-refractivity contribution < 1.29 is 14.3 Å². The molecule has 174 valence electrons. The first kappa shape index (κ1) is 24.2. The lowest BCUT2D eigenvalue weighted by Crippen LogP contribution is -2.32. The van der Waals surface area contributed by atoms with Gasteiger partial charge in [0.1, 0.15) is 0 Å². The largest absolute Gasteiger partial charge is 0.461 e. The van der Waals surface area contributed by atoms with Crippen LogP contribution >= 0.6 is 0 Å². The maximum atomic E-state index is 12.9. The number of hydrogen-bond donors (Lipinski definition) is 0. The number of aromatic nitrogens is 2. The first-order chi connectivity index (χ1) is 16.0. The molecule has 33 heavy (non-hydrogen) atoms. The Hall–Kier alpha value is -3.41. The molecule has 0 unspecified atom stereocenters. The Bertz CT molecular complexity index is 1060. The molecule has 0 aliphatic carbocycles. The van der Waals surface area contributed by atoms with Gasteiger partial charge in [-0.3, -0.25) is 4.79 Å². The molecular weight excluding hydrogens is 414 g/mol. The quantitative estimate of drug-likeness (QED) is 0.383. The van der Waals surface area contributed by atoms with Gasteiger partial charge in [0.15, 0.2) is 5.69 Å². The lowest BCUT2D eigenvalue weighted by Gasteiger charge is -2.21. The molecular formula is C27H33N3O3. The van der Waals surface area contributed by atoms with E-state index in [1.54, 1.807) is 17.7 Å². The van der Waals surface area contributed by atoms with Crippen LogP contribution in [-0.4, -0.2) is 46.3 Å². The van der Waals surface area contributed by atoms with E-state index in [-0.39, 0.29) is 18.2 Å². The molecule has 0 saturated carbocycles. The van der Waals surface area contributed by atoms with Crippen LogP contribution in [0.25, 0.3) is 16.9 Å². The number of esters is 1.